The summed E-state index contributed by atoms with van der Waals surface area (Å²) in [6.07, 6.45) is 10.6. The molecule has 0 aromatic rings. The van der Waals surface area contributed by atoms with E-state index < -0.39 is 95.5 Å². The highest BCUT2D eigenvalue weighted by atomic mass is 35.5. The van der Waals surface area contributed by atoms with Crippen molar-refractivity contribution >= 4 is 47.8 Å². The van der Waals surface area contributed by atoms with Gasteiger partial charge in [-0.1, -0.05) is 58.4 Å². The van der Waals surface area contributed by atoms with Crippen LogP contribution in [0.15, 0.2) is 50.6 Å². The van der Waals surface area contributed by atoms with Crippen molar-refractivity contribution in [2.75, 3.05) is 39.5 Å². The zero-order valence-electron chi connectivity index (χ0n) is 51.6. The van der Waals surface area contributed by atoms with Crippen molar-refractivity contribution in [2.45, 2.75) is 208 Å². The fourth-order valence-corrected chi connectivity index (χ4v) is 10.7. The van der Waals surface area contributed by atoms with Gasteiger partial charge >= 0.3 is 30.1 Å². The van der Waals surface area contributed by atoms with Crippen LogP contribution in [0.2, 0.25) is 0 Å². The smallest absolute Gasteiger partial charge is 0.408 e. The highest BCUT2D eigenvalue weighted by Crippen LogP contribution is 2.66. The van der Waals surface area contributed by atoms with Gasteiger partial charge < -0.3 is 77.4 Å². The maximum absolute atomic E-state index is 14.0. The van der Waals surface area contributed by atoms with Crippen LogP contribution in [-0.2, 0) is 57.2 Å². The summed E-state index contributed by atoms with van der Waals surface area (Å²) in [7, 11) is 0. The zero-order chi connectivity index (χ0) is 61.8. The first kappa shape index (κ1) is 74.5. The molecule has 0 unspecified atom stereocenters. The van der Waals surface area contributed by atoms with E-state index >= 15 is 0 Å². The maximum Gasteiger partial charge on any atom is 0.408 e. The third-order valence-electron chi connectivity index (χ3n) is 15.1. The molecule has 2 saturated carbocycles. The van der Waals surface area contributed by atoms with E-state index in [0.29, 0.717) is 32.5 Å². The van der Waals surface area contributed by atoms with Gasteiger partial charge in [0.25, 0.3) is 0 Å². The van der Waals surface area contributed by atoms with Crippen LogP contribution >= 0.6 is 0 Å². The molecule has 0 aromatic heterocycles. The minimum absolute atomic E-state index is 0. The second-order valence-electron chi connectivity index (χ2n) is 24.4. The third kappa shape index (κ3) is 22.2. The average Bonchev–Trinajstić information content (AvgIpc) is 3.91. The summed E-state index contributed by atoms with van der Waals surface area (Å²) in [4.78, 5) is 104. The number of carbonyl (C=O) groups is 8. The molecule has 2 saturated heterocycles. The van der Waals surface area contributed by atoms with Gasteiger partial charge in [-0.25, -0.2) is 24.0 Å². The number of amides is 5. The number of unbranched alkanes of at least 4 members (excludes halogenated alkanes) is 4. The highest BCUT2D eigenvalue weighted by Gasteiger charge is 2.71. The summed E-state index contributed by atoms with van der Waals surface area (Å²) in [5.74, 6) is -2.91. The summed E-state index contributed by atoms with van der Waals surface area (Å²) >= 11 is 0. The Hall–Kier alpha value is -5.51. The van der Waals surface area contributed by atoms with Crippen molar-refractivity contribution in [3.63, 3.8) is 0 Å². The number of nitrogens with zero attached hydrogens (tertiary/aromatic N) is 2. The van der Waals surface area contributed by atoms with Crippen molar-refractivity contribution < 1.29 is 90.0 Å². The fourth-order valence-electron chi connectivity index (χ4n) is 10.7. The first-order valence-corrected chi connectivity index (χ1v) is 28.7. The van der Waals surface area contributed by atoms with Gasteiger partial charge in [-0.2, -0.15) is 0 Å². The molecule has 2 aliphatic heterocycles. The number of quaternary nitrogens is 1. The van der Waals surface area contributed by atoms with Gasteiger partial charge in [0, 0.05) is 25.4 Å². The molecule has 468 valence electrons. The molecule has 82 heavy (non-hydrogen) atoms. The Labute approximate surface area is 494 Å². The fraction of sp³-hybridized carbons (Fsp3) is 0.733. The molecule has 7 N–H and O–H groups in total. The lowest BCUT2D eigenvalue weighted by Crippen LogP contribution is -3.00. The summed E-state index contributed by atoms with van der Waals surface area (Å²) in [5.41, 5.74) is 2.02. The van der Waals surface area contributed by atoms with E-state index in [1.807, 2.05) is 32.9 Å². The van der Waals surface area contributed by atoms with Crippen LogP contribution in [0, 0.1) is 34.5 Å². The third-order valence-corrected chi connectivity index (χ3v) is 15.1. The predicted octanol–water partition coefficient (Wildman–Crippen LogP) is 3.70. The van der Waals surface area contributed by atoms with Gasteiger partial charge in [0.2, 0.25) is 17.7 Å². The first-order chi connectivity index (χ1) is 37.7. The van der Waals surface area contributed by atoms with E-state index in [2.05, 4.69) is 61.8 Å². The van der Waals surface area contributed by atoms with Crippen LogP contribution in [0.3, 0.4) is 0 Å². The molecule has 21 nitrogen and oxygen atoms in total. The quantitative estimate of drug-likeness (QED) is 0.0309. The lowest BCUT2D eigenvalue weighted by Gasteiger charge is -2.35. The minimum Gasteiger partial charge on any atom is -1.00 e. The number of alkyl carbamates (subject to hydrolysis) is 2. The van der Waals surface area contributed by atoms with Crippen molar-refractivity contribution in [2.24, 2.45) is 34.5 Å². The van der Waals surface area contributed by atoms with E-state index in [0.717, 1.165) is 38.5 Å². The van der Waals surface area contributed by atoms with E-state index in [1.165, 1.54) is 9.80 Å². The molecule has 4 rings (SSSR count). The maximum atomic E-state index is 14.0. The van der Waals surface area contributed by atoms with E-state index in [9.17, 15) is 43.5 Å². The van der Waals surface area contributed by atoms with Crippen LogP contribution in [0.1, 0.15) is 148 Å². The second-order valence-corrected chi connectivity index (χ2v) is 24.4. The number of fused-ring (bicyclic) bond motifs is 2. The van der Waals surface area contributed by atoms with Gasteiger partial charge in [-0.05, 0) is 136 Å². The first-order valence-electron chi connectivity index (χ1n) is 28.7. The Kier molecular flexibility index (Phi) is 30.6. The molecule has 4 fully saturated rings. The number of rotatable bonds is 29. The number of halogens is 1. The number of carbonyl (C=O) groups excluding carboxylic acids is 7. The number of hydrogen-bond donors (Lipinski definition) is 5. The Balaban J connectivity index is 0.000000692. The molecule has 0 spiro atoms. The molecule has 0 aromatic carbocycles. The predicted molar refractivity (Wildman–Crippen MR) is 307 cm³/mol. The second kappa shape index (κ2) is 33.7. The molecule has 5 amide bonds. The summed E-state index contributed by atoms with van der Waals surface area (Å²) < 4.78 is 32.0. The molecule has 2 heterocycles. The number of allylic oxidation sites excluding steroid dienone is 2. The summed E-state index contributed by atoms with van der Waals surface area (Å²) in [6, 6.07) is -4.87. The van der Waals surface area contributed by atoms with Crippen LogP contribution in [0.5, 0.6) is 0 Å². The Bertz CT molecular complexity index is 2180. The number of ether oxygens (including phenoxy) is 6. The Morgan fingerprint density at radius 2 is 1.01 bits per heavy atom. The summed E-state index contributed by atoms with van der Waals surface area (Å²) in [5, 5.41) is 17.8. The Morgan fingerprint density at radius 1 is 0.622 bits per heavy atom. The largest absolute Gasteiger partial charge is 1.00 e. The van der Waals surface area contributed by atoms with Crippen LogP contribution in [0.25, 0.3) is 0 Å². The normalized spacial score (nSPS) is 22.6. The van der Waals surface area contributed by atoms with Gasteiger partial charge in [0.15, 0.2) is 6.04 Å². The number of hydrogen-bond acceptors (Lipinski definition) is 14. The molecule has 4 aliphatic rings. The number of aliphatic carboxylic acids is 1. The standard InChI is InChI=1S/C30H49N3O7.C20H32N2O6.C10H19NO2.ClH/c1-10-13-14-15-16-21(27(36)38-12-3)31-25(34)24-22-20(30(22,8)9)18-33(24)26(35)23(19(4)39-17-11-2)32-28(37)40-29(5,6)7;1-8-9-27-11(2)14(21-18(26)28-19(3,4)5)16(23)22-10-12-13(20(12,6)7)15(22)17(24)25;1-3-5-6-7-8-9(11)10(12)13-4-2;/h10-11,19-24H,1-2,12-18H2,3-9H3,(H,31,34)(H,32,37);8,11-15H,1,9-10H2,2-7H3,(H,21,26)(H,24,25);3,9H,1,4-8,11H2,2H3;1H/t19-,20-,21-,22-,23-,24-;11-,12-,13-,14-,15-;9-;/m000./s1. The average molecular weight is 1180 g/mol. The topological polar surface area (TPSA) is 282 Å². The van der Waals surface area contributed by atoms with Crippen LogP contribution < -0.4 is 34.1 Å². The highest BCUT2D eigenvalue weighted by molar-refractivity contribution is 5.95. The van der Waals surface area contributed by atoms with Gasteiger partial charge in [-0.3, -0.25) is 14.4 Å². The van der Waals surface area contributed by atoms with Crippen molar-refractivity contribution in [3.05, 3.63) is 50.6 Å². The molecule has 12 atom stereocenters. The number of carboxylic acid groups (broad SMARTS) is 1. The van der Waals surface area contributed by atoms with Crippen molar-refractivity contribution in [1.29, 1.82) is 0 Å². The van der Waals surface area contributed by atoms with Crippen LogP contribution in [0.4, 0.5) is 9.59 Å². The van der Waals surface area contributed by atoms with Gasteiger partial charge in [0.1, 0.15) is 41.4 Å². The van der Waals surface area contributed by atoms with Crippen molar-refractivity contribution in [3.8, 4) is 0 Å². The molecular formula is C60H101ClN6O15. The lowest BCUT2D eigenvalue weighted by molar-refractivity contribution is -0.409. The molecule has 0 radical (unpaired) electrons. The lowest BCUT2D eigenvalue weighted by atomic mass is 9.98. The molecule has 0 bridgehead atoms. The molecular weight excluding hydrogens is 1080 g/mol. The number of carboxylic acids is 1. The number of likely N-dealkylation sites (tertiary alicyclic amines) is 2. The summed E-state index contributed by atoms with van der Waals surface area (Å²) in [6.45, 7) is 41.7. The van der Waals surface area contributed by atoms with E-state index in [-0.39, 0.29) is 78.7 Å². The minimum atomic E-state index is -1.09. The monoisotopic (exact) mass is 1180 g/mol. The number of esters is 2. The number of piperidine rings is 2. The number of nitrogens with one attached hydrogen (secondary N) is 3. The zero-order valence-corrected chi connectivity index (χ0v) is 52.4. The van der Waals surface area contributed by atoms with E-state index in [1.54, 1.807) is 74.5 Å². The molecule has 22 heteroatoms. The SMILES string of the molecule is C=CCCCC[C@H](NC(=O)[C@@H]1[C@@H]2[C@H](CN1C(=O)[C@@H](NC(=O)OC(C)(C)C)[C@H](C)OCC=C)C2(C)C)C(=O)OCC.C=CCCCC[C@H]([NH3+])C(=O)OCC.C=CCO[C@@H](C)[C@H](NC(=O)OC(C)(C)C)C(=O)N1C[C@H]2[C@@H]([C@H]1C(=O)O)C2(C)C.[Cl-]. The van der Waals surface area contributed by atoms with Crippen LogP contribution in [-0.4, -0.2) is 162 Å². The van der Waals surface area contributed by atoms with Gasteiger partial charge in [0.05, 0.1) is 38.6 Å². The van der Waals surface area contributed by atoms with Gasteiger partial charge in [-0.15, -0.1) is 26.3 Å². The Morgan fingerprint density at radius 3 is 1.39 bits per heavy atom. The molecule has 2 aliphatic carbocycles. The van der Waals surface area contributed by atoms with Crippen molar-refractivity contribution in [1.82, 2.24) is 25.8 Å². The van der Waals surface area contributed by atoms with E-state index in [4.69, 9.17) is 28.4 Å².